The zero-order valence-corrected chi connectivity index (χ0v) is 14.9. The van der Waals surface area contributed by atoms with Gasteiger partial charge in [0.05, 0.1) is 5.56 Å². The van der Waals surface area contributed by atoms with E-state index in [4.69, 9.17) is 21.1 Å². The molecule has 0 aliphatic heterocycles. The van der Waals surface area contributed by atoms with Crippen LogP contribution in [-0.2, 0) is 16.1 Å². The van der Waals surface area contributed by atoms with Gasteiger partial charge in [-0.1, -0.05) is 23.7 Å². The zero-order valence-electron chi connectivity index (χ0n) is 14.1. The maximum absolute atomic E-state index is 12.0. The lowest BCUT2D eigenvalue weighted by Gasteiger charge is -2.13. The van der Waals surface area contributed by atoms with E-state index >= 15 is 0 Å². The predicted octanol–water partition coefficient (Wildman–Crippen LogP) is 3.60. The van der Waals surface area contributed by atoms with Crippen LogP contribution < -0.4 is 10.1 Å². The average Bonchev–Trinajstić information content (AvgIpc) is 2.61. The highest BCUT2D eigenvalue weighted by molar-refractivity contribution is 6.30. The summed E-state index contributed by atoms with van der Waals surface area (Å²) in [6.07, 6.45) is -0.833. The summed E-state index contributed by atoms with van der Waals surface area (Å²) in [5.74, 6) is -0.142. The molecule has 0 saturated heterocycles. The van der Waals surface area contributed by atoms with Crippen molar-refractivity contribution in [3.8, 4) is 5.75 Å². The van der Waals surface area contributed by atoms with Crippen molar-refractivity contribution in [1.29, 1.82) is 0 Å². The molecule has 2 aromatic rings. The number of rotatable bonds is 7. The summed E-state index contributed by atoms with van der Waals surface area (Å²) in [6.45, 7) is 4.20. The fraction of sp³-hybridized carbons (Fsp3) is 0.263. The average molecular weight is 362 g/mol. The molecule has 0 aliphatic carbocycles. The lowest BCUT2D eigenvalue weighted by molar-refractivity contribution is -0.128. The van der Waals surface area contributed by atoms with Crippen LogP contribution >= 0.6 is 11.6 Å². The van der Waals surface area contributed by atoms with Crippen molar-refractivity contribution in [2.45, 2.75) is 26.6 Å². The van der Waals surface area contributed by atoms with Crippen LogP contribution in [0.3, 0.4) is 0 Å². The number of likely N-dealkylation sites (N-methyl/N-ethyl adjacent to an activating group) is 1. The molecule has 0 aliphatic rings. The minimum Gasteiger partial charge on any atom is -0.489 e. The van der Waals surface area contributed by atoms with Gasteiger partial charge in [0.1, 0.15) is 12.4 Å². The first-order chi connectivity index (χ1) is 12.0. The van der Waals surface area contributed by atoms with Crippen molar-refractivity contribution in [3.05, 3.63) is 64.7 Å². The third kappa shape index (κ3) is 5.80. The number of esters is 1. The molecule has 1 amide bonds. The second-order valence-electron chi connectivity index (χ2n) is 5.38. The van der Waals surface area contributed by atoms with Crippen LogP contribution in [0, 0.1) is 0 Å². The molecule has 0 unspecified atom stereocenters. The SMILES string of the molecule is CCNC(=O)[C@@H](C)OC(=O)c1ccc(COc2ccc(Cl)cc2)cc1. The van der Waals surface area contributed by atoms with E-state index in [0.717, 1.165) is 5.56 Å². The lowest BCUT2D eigenvalue weighted by Crippen LogP contribution is -2.35. The third-order valence-corrected chi connectivity index (χ3v) is 3.66. The van der Waals surface area contributed by atoms with Crippen LogP contribution in [0.25, 0.3) is 0 Å². The molecule has 0 bridgehead atoms. The number of nitrogens with one attached hydrogen (secondary N) is 1. The Morgan fingerprint density at radius 2 is 1.72 bits per heavy atom. The van der Waals surface area contributed by atoms with E-state index in [-0.39, 0.29) is 5.91 Å². The van der Waals surface area contributed by atoms with Crippen LogP contribution in [0.4, 0.5) is 0 Å². The normalized spacial score (nSPS) is 11.5. The molecule has 2 aromatic carbocycles. The molecule has 0 fully saturated rings. The fourth-order valence-corrected chi connectivity index (χ4v) is 2.16. The van der Waals surface area contributed by atoms with Crippen LogP contribution in [0.1, 0.15) is 29.8 Å². The molecule has 0 aromatic heterocycles. The minimum absolute atomic E-state index is 0.316. The Kier molecular flexibility index (Phi) is 6.83. The van der Waals surface area contributed by atoms with Gasteiger partial charge in [0.25, 0.3) is 5.91 Å². The monoisotopic (exact) mass is 361 g/mol. The van der Waals surface area contributed by atoms with E-state index < -0.39 is 12.1 Å². The highest BCUT2D eigenvalue weighted by Crippen LogP contribution is 2.17. The van der Waals surface area contributed by atoms with Crippen molar-refractivity contribution in [1.82, 2.24) is 5.32 Å². The molecule has 1 atom stereocenters. The Bertz CT molecular complexity index is 713. The van der Waals surface area contributed by atoms with Crippen LogP contribution in [0.2, 0.25) is 5.02 Å². The number of ether oxygens (including phenoxy) is 2. The molecule has 5 nitrogen and oxygen atoms in total. The van der Waals surface area contributed by atoms with Gasteiger partial charge in [-0.2, -0.15) is 0 Å². The van der Waals surface area contributed by atoms with E-state index in [0.29, 0.717) is 29.5 Å². The number of carbonyl (C=O) groups is 2. The first-order valence-electron chi connectivity index (χ1n) is 7.95. The van der Waals surface area contributed by atoms with Crippen LogP contribution in [0.5, 0.6) is 5.75 Å². The van der Waals surface area contributed by atoms with Crippen molar-refractivity contribution in [3.63, 3.8) is 0 Å². The maximum Gasteiger partial charge on any atom is 0.338 e. The molecule has 1 N–H and O–H groups in total. The Morgan fingerprint density at radius 3 is 2.32 bits per heavy atom. The Balaban J connectivity index is 1.89. The molecular formula is C19H20ClNO4. The third-order valence-electron chi connectivity index (χ3n) is 3.41. The standard InChI is InChI=1S/C19H20ClNO4/c1-3-21-18(22)13(2)25-19(23)15-6-4-14(5-7-15)12-24-17-10-8-16(20)9-11-17/h4-11,13H,3,12H2,1-2H3,(H,21,22)/t13-/m1/s1. The number of hydrogen-bond donors (Lipinski definition) is 1. The van der Waals surface area contributed by atoms with E-state index in [1.165, 1.54) is 6.92 Å². The Labute approximate surface area is 151 Å². The summed E-state index contributed by atoms with van der Waals surface area (Å²) in [5.41, 5.74) is 1.29. The van der Waals surface area contributed by atoms with E-state index in [1.807, 2.05) is 0 Å². The fourth-order valence-electron chi connectivity index (χ4n) is 2.03. The molecule has 0 radical (unpaired) electrons. The highest BCUT2D eigenvalue weighted by Gasteiger charge is 2.18. The van der Waals surface area contributed by atoms with Gasteiger partial charge in [-0.25, -0.2) is 4.79 Å². The van der Waals surface area contributed by atoms with Gasteiger partial charge in [-0.05, 0) is 55.8 Å². The Morgan fingerprint density at radius 1 is 1.08 bits per heavy atom. The number of halogens is 1. The molecule has 0 spiro atoms. The second-order valence-corrected chi connectivity index (χ2v) is 5.82. The summed E-state index contributed by atoms with van der Waals surface area (Å²) >= 11 is 5.82. The largest absolute Gasteiger partial charge is 0.489 e. The van der Waals surface area contributed by atoms with Crippen LogP contribution in [-0.4, -0.2) is 24.5 Å². The summed E-state index contributed by atoms with van der Waals surface area (Å²) in [6, 6.07) is 13.9. The number of carbonyl (C=O) groups excluding carboxylic acids is 2. The highest BCUT2D eigenvalue weighted by atomic mass is 35.5. The second kappa shape index (κ2) is 9.08. The van der Waals surface area contributed by atoms with Gasteiger partial charge in [-0.3, -0.25) is 4.79 Å². The van der Waals surface area contributed by atoms with E-state index in [1.54, 1.807) is 55.5 Å². The molecule has 25 heavy (non-hydrogen) atoms. The van der Waals surface area contributed by atoms with Gasteiger partial charge in [0.2, 0.25) is 0 Å². The van der Waals surface area contributed by atoms with Gasteiger partial charge >= 0.3 is 5.97 Å². The van der Waals surface area contributed by atoms with Gasteiger partial charge in [0.15, 0.2) is 6.10 Å². The van der Waals surface area contributed by atoms with E-state index in [9.17, 15) is 9.59 Å². The van der Waals surface area contributed by atoms with Crippen molar-refractivity contribution < 1.29 is 19.1 Å². The van der Waals surface area contributed by atoms with Gasteiger partial charge in [-0.15, -0.1) is 0 Å². The van der Waals surface area contributed by atoms with Crippen LogP contribution in [0.15, 0.2) is 48.5 Å². The first-order valence-corrected chi connectivity index (χ1v) is 8.33. The quantitative estimate of drug-likeness (QED) is 0.765. The number of hydrogen-bond acceptors (Lipinski definition) is 4. The molecule has 132 valence electrons. The van der Waals surface area contributed by atoms with Crippen molar-refractivity contribution in [2.24, 2.45) is 0 Å². The first kappa shape index (κ1) is 18.8. The lowest BCUT2D eigenvalue weighted by atomic mass is 10.1. The summed E-state index contributed by atoms with van der Waals surface area (Å²) in [4.78, 5) is 23.6. The molecule has 0 heterocycles. The molecule has 6 heteroatoms. The van der Waals surface area contributed by atoms with Gasteiger partial charge in [0, 0.05) is 11.6 Å². The number of amides is 1. The number of benzene rings is 2. The maximum atomic E-state index is 12.0. The molecular weight excluding hydrogens is 342 g/mol. The topological polar surface area (TPSA) is 64.6 Å². The molecule has 2 rings (SSSR count). The summed E-state index contributed by atoms with van der Waals surface area (Å²) in [5, 5.41) is 3.26. The molecule has 0 saturated carbocycles. The predicted molar refractivity (Wildman–Crippen MR) is 95.8 cm³/mol. The van der Waals surface area contributed by atoms with Crippen molar-refractivity contribution >= 4 is 23.5 Å². The smallest absolute Gasteiger partial charge is 0.338 e. The van der Waals surface area contributed by atoms with Crippen molar-refractivity contribution in [2.75, 3.05) is 6.54 Å². The summed E-state index contributed by atoms with van der Waals surface area (Å²) in [7, 11) is 0. The Hall–Kier alpha value is -2.53. The minimum atomic E-state index is -0.833. The zero-order chi connectivity index (χ0) is 18.2. The van der Waals surface area contributed by atoms with Gasteiger partial charge < -0.3 is 14.8 Å². The summed E-state index contributed by atoms with van der Waals surface area (Å²) < 4.78 is 10.8. The van der Waals surface area contributed by atoms with E-state index in [2.05, 4.69) is 5.32 Å².